The summed E-state index contributed by atoms with van der Waals surface area (Å²) in [6, 6.07) is 65.0. The lowest BCUT2D eigenvalue weighted by Crippen LogP contribution is -1.92. The van der Waals surface area contributed by atoms with Crippen molar-refractivity contribution < 1.29 is 8.83 Å². The summed E-state index contributed by atoms with van der Waals surface area (Å²) in [6.45, 7) is 0. The van der Waals surface area contributed by atoms with Gasteiger partial charge in [0.05, 0.1) is 0 Å². The standard InChI is InChI=1S/C50H30O2/c1-2-13-31(14-3-1)47-37-18-4-6-20-39(37)48(40-21-7-5-19-38(40)47)42-27-26-35(50-49(42)41-22-9-11-24-45(41)52-50)34-16-12-15-32(29-34)33-25-28-46-43(30-33)36-17-8-10-23-44(36)51-46/h1-30H. The van der Waals surface area contributed by atoms with Gasteiger partial charge in [-0.1, -0.05) is 146 Å². The first-order valence-corrected chi connectivity index (χ1v) is 17.8. The van der Waals surface area contributed by atoms with E-state index in [0.29, 0.717) is 0 Å². The van der Waals surface area contributed by atoms with Gasteiger partial charge in [-0.15, -0.1) is 0 Å². The van der Waals surface area contributed by atoms with E-state index in [1.807, 2.05) is 12.1 Å². The Labute approximate surface area is 299 Å². The van der Waals surface area contributed by atoms with Crippen molar-refractivity contribution in [3.05, 3.63) is 182 Å². The van der Waals surface area contributed by atoms with E-state index in [0.717, 1.165) is 66.1 Å². The van der Waals surface area contributed by atoms with Gasteiger partial charge in [-0.3, -0.25) is 0 Å². The van der Waals surface area contributed by atoms with E-state index in [1.54, 1.807) is 0 Å². The number of hydrogen-bond acceptors (Lipinski definition) is 2. The zero-order chi connectivity index (χ0) is 34.2. The fourth-order valence-corrected chi connectivity index (χ4v) is 8.37. The molecular formula is C50H30O2. The van der Waals surface area contributed by atoms with Gasteiger partial charge in [0.25, 0.3) is 0 Å². The van der Waals surface area contributed by atoms with E-state index in [1.165, 1.54) is 43.8 Å². The first-order chi connectivity index (χ1) is 25.8. The lowest BCUT2D eigenvalue weighted by atomic mass is 9.84. The van der Waals surface area contributed by atoms with Crippen molar-refractivity contribution in [2.45, 2.75) is 0 Å². The zero-order valence-corrected chi connectivity index (χ0v) is 28.1. The van der Waals surface area contributed by atoms with E-state index in [9.17, 15) is 0 Å². The fraction of sp³-hybridized carbons (Fsp3) is 0. The van der Waals surface area contributed by atoms with E-state index in [2.05, 4.69) is 170 Å². The predicted octanol–water partition coefficient (Wildman–Crippen LogP) is 14.5. The second-order valence-electron chi connectivity index (χ2n) is 13.6. The number of benzene rings is 9. The zero-order valence-electron chi connectivity index (χ0n) is 28.1. The number of fused-ring (bicyclic) bond motifs is 8. The van der Waals surface area contributed by atoms with Gasteiger partial charge in [-0.2, -0.15) is 0 Å². The van der Waals surface area contributed by atoms with Gasteiger partial charge in [0.15, 0.2) is 0 Å². The van der Waals surface area contributed by atoms with Gasteiger partial charge in [-0.25, -0.2) is 0 Å². The summed E-state index contributed by atoms with van der Waals surface area (Å²) in [5.41, 5.74) is 12.9. The van der Waals surface area contributed by atoms with Gasteiger partial charge >= 0.3 is 0 Å². The molecule has 2 aromatic heterocycles. The van der Waals surface area contributed by atoms with Gasteiger partial charge in [-0.05, 0) is 96.9 Å². The van der Waals surface area contributed by atoms with Crippen LogP contribution in [0.15, 0.2) is 191 Å². The maximum Gasteiger partial charge on any atom is 0.143 e. The van der Waals surface area contributed by atoms with Crippen LogP contribution in [0, 0.1) is 0 Å². The number of rotatable bonds is 4. The summed E-state index contributed by atoms with van der Waals surface area (Å²) >= 11 is 0. The molecule has 0 unspecified atom stereocenters. The molecule has 0 aliphatic carbocycles. The molecule has 0 saturated heterocycles. The van der Waals surface area contributed by atoms with Crippen molar-refractivity contribution in [3.63, 3.8) is 0 Å². The lowest BCUT2D eigenvalue weighted by Gasteiger charge is -2.18. The molecule has 0 saturated carbocycles. The molecule has 11 rings (SSSR count). The van der Waals surface area contributed by atoms with Crippen LogP contribution < -0.4 is 0 Å². The summed E-state index contributed by atoms with van der Waals surface area (Å²) in [5, 5.41) is 9.43. The molecule has 0 atom stereocenters. The van der Waals surface area contributed by atoms with E-state index in [4.69, 9.17) is 8.83 Å². The second-order valence-corrected chi connectivity index (χ2v) is 13.6. The maximum absolute atomic E-state index is 6.85. The molecule has 0 aliphatic rings. The van der Waals surface area contributed by atoms with Crippen LogP contribution in [0.25, 0.3) is 110 Å². The molecule has 52 heavy (non-hydrogen) atoms. The minimum absolute atomic E-state index is 0.883. The SMILES string of the molecule is c1ccc(-c2c3ccccc3c(-c3ccc(-c4cccc(-c5ccc6oc7ccccc7c6c5)c4)c4oc5ccccc5c34)c3ccccc23)cc1. The van der Waals surface area contributed by atoms with Crippen molar-refractivity contribution in [3.8, 4) is 44.5 Å². The molecule has 2 heteroatoms. The Kier molecular flexibility index (Phi) is 6.28. The van der Waals surface area contributed by atoms with Crippen LogP contribution in [-0.4, -0.2) is 0 Å². The Balaban J connectivity index is 1.16. The van der Waals surface area contributed by atoms with Crippen LogP contribution in [0.1, 0.15) is 0 Å². The quantitative estimate of drug-likeness (QED) is 0.175. The Morgan fingerprint density at radius 2 is 0.788 bits per heavy atom. The van der Waals surface area contributed by atoms with Crippen LogP contribution in [0.5, 0.6) is 0 Å². The predicted molar refractivity (Wildman–Crippen MR) is 218 cm³/mol. The largest absolute Gasteiger partial charge is 0.456 e. The summed E-state index contributed by atoms with van der Waals surface area (Å²) < 4.78 is 13.0. The Morgan fingerprint density at radius 3 is 1.52 bits per heavy atom. The molecule has 0 amide bonds. The van der Waals surface area contributed by atoms with Gasteiger partial charge in [0.2, 0.25) is 0 Å². The average Bonchev–Trinajstić information content (AvgIpc) is 3.79. The molecule has 0 N–H and O–H groups in total. The van der Waals surface area contributed by atoms with Crippen LogP contribution in [0.2, 0.25) is 0 Å². The van der Waals surface area contributed by atoms with Crippen LogP contribution >= 0.6 is 0 Å². The van der Waals surface area contributed by atoms with Gasteiger partial charge in [0.1, 0.15) is 22.3 Å². The van der Waals surface area contributed by atoms with Crippen molar-refractivity contribution in [2.75, 3.05) is 0 Å². The molecule has 2 nitrogen and oxygen atoms in total. The third-order valence-electron chi connectivity index (χ3n) is 10.7. The van der Waals surface area contributed by atoms with Crippen molar-refractivity contribution >= 4 is 65.4 Å². The van der Waals surface area contributed by atoms with Crippen LogP contribution in [0.3, 0.4) is 0 Å². The molecule has 11 aromatic rings. The fourth-order valence-electron chi connectivity index (χ4n) is 8.37. The van der Waals surface area contributed by atoms with E-state index >= 15 is 0 Å². The molecule has 0 aliphatic heterocycles. The molecule has 9 aromatic carbocycles. The van der Waals surface area contributed by atoms with Crippen LogP contribution in [-0.2, 0) is 0 Å². The highest BCUT2D eigenvalue weighted by Crippen LogP contribution is 2.48. The third kappa shape index (κ3) is 4.31. The molecular weight excluding hydrogens is 633 g/mol. The highest BCUT2D eigenvalue weighted by molar-refractivity contribution is 6.26. The molecule has 0 fully saturated rings. The molecule has 2 heterocycles. The number of hydrogen-bond donors (Lipinski definition) is 0. The topological polar surface area (TPSA) is 26.3 Å². The van der Waals surface area contributed by atoms with Crippen molar-refractivity contribution in [1.29, 1.82) is 0 Å². The average molecular weight is 663 g/mol. The minimum Gasteiger partial charge on any atom is -0.456 e. The Bertz CT molecular complexity index is 3120. The summed E-state index contributed by atoms with van der Waals surface area (Å²) in [6.07, 6.45) is 0. The minimum atomic E-state index is 0.883. The second kappa shape index (κ2) is 11.3. The third-order valence-corrected chi connectivity index (χ3v) is 10.7. The summed E-state index contributed by atoms with van der Waals surface area (Å²) in [7, 11) is 0. The number of para-hydroxylation sites is 2. The summed E-state index contributed by atoms with van der Waals surface area (Å²) in [4.78, 5) is 0. The van der Waals surface area contributed by atoms with Gasteiger partial charge in [0, 0.05) is 27.1 Å². The smallest absolute Gasteiger partial charge is 0.143 e. The first-order valence-electron chi connectivity index (χ1n) is 17.8. The highest BCUT2D eigenvalue weighted by atomic mass is 16.3. The van der Waals surface area contributed by atoms with Crippen molar-refractivity contribution in [2.24, 2.45) is 0 Å². The summed E-state index contributed by atoms with van der Waals surface area (Å²) in [5.74, 6) is 0. The molecule has 242 valence electrons. The Morgan fingerprint density at radius 1 is 0.269 bits per heavy atom. The monoisotopic (exact) mass is 662 g/mol. The van der Waals surface area contributed by atoms with E-state index in [-0.39, 0.29) is 0 Å². The normalized spacial score (nSPS) is 11.8. The molecule has 0 radical (unpaired) electrons. The Hall–Kier alpha value is -6.90. The maximum atomic E-state index is 6.85. The van der Waals surface area contributed by atoms with E-state index < -0.39 is 0 Å². The first kappa shape index (κ1) is 28.9. The van der Waals surface area contributed by atoms with Gasteiger partial charge < -0.3 is 8.83 Å². The van der Waals surface area contributed by atoms with Crippen LogP contribution in [0.4, 0.5) is 0 Å². The molecule has 0 bridgehead atoms. The lowest BCUT2D eigenvalue weighted by molar-refractivity contribution is 0.669. The number of furan rings is 2. The van der Waals surface area contributed by atoms with Crippen molar-refractivity contribution in [1.82, 2.24) is 0 Å². The molecule has 0 spiro atoms. The highest BCUT2D eigenvalue weighted by Gasteiger charge is 2.22.